The van der Waals surface area contributed by atoms with Gasteiger partial charge in [-0.05, 0) is 96.8 Å². The van der Waals surface area contributed by atoms with Crippen molar-refractivity contribution in [1.82, 2.24) is 9.38 Å². The van der Waals surface area contributed by atoms with Crippen LogP contribution in [-0.2, 0) is 32.8 Å². The summed E-state index contributed by atoms with van der Waals surface area (Å²) in [6.45, 7) is 1.84. The van der Waals surface area contributed by atoms with Gasteiger partial charge in [-0.3, -0.25) is 0 Å². The van der Waals surface area contributed by atoms with Gasteiger partial charge in [-0.1, -0.05) is 131 Å². The Hall–Kier alpha value is -4.94. The number of sulfone groups is 1. The van der Waals surface area contributed by atoms with Gasteiger partial charge in [0.1, 0.15) is 43.2 Å². The van der Waals surface area contributed by atoms with Gasteiger partial charge in [-0.15, -0.1) is 0 Å². The van der Waals surface area contributed by atoms with Gasteiger partial charge in [0.05, 0.1) is 20.7 Å². The van der Waals surface area contributed by atoms with Crippen molar-refractivity contribution in [2.45, 2.75) is 17.6 Å². The molecule has 13 heteroatoms. The predicted octanol–water partition coefficient (Wildman–Crippen LogP) is 10.3. The van der Waals surface area contributed by atoms with Crippen LogP contribution in [0.4, 0.5) is 5.82 Å². The third kappa shape index (κ3) is 13.1. The van der Waals surface area contributed by atoms with E-state index in [0.717, 1.165) is 5.56 Å². The van der Waals surface area contributed by atoms with Gasteiger partial charge in [0.15, 0.2) is 15.5 Å². The number of rotatable bonds is 10. The van der Waals surface area contributed by atoms with E-state index in [0.29, 0.717) is 4.47 Å². The summed E-state index contributed by atoms with van der Waals surface area (Å²) in [6.07, 6.45) is 1.46. The zero-order valence-corrected chi connectivity index (χ0v) is 42.0. The van der Waals surface area contributed by atoms with Crippen LogP contribution in [0.25, 0.3) is 5.65 Å². The maximum absolute atomic E-state index is 12.5. The first-order valence-corrected chi connectivity index (χ1v) is 28.9. The zero-order valence-electron chi connectivity index (χ0n) is 34.4. The smallest absolute Gasteiger partial charge is 0.0620 e. The molecule has 9 aromatic rings. The molecule has 7 aromatic carbocycles. The van der Waals surface area contributed by atoms with Crippen molar-refractivity contribution in [3.8, 4) is 0 Å². The molecule has 0 fully saturated rings. The van der Waals surface area contributed by atoms with Crippen molar-refractivity contribution in [2.75, 3.05) is 0 Å². The van der Waals surface area contributed by atoms with Crippen LogP contribution in [0.5, 0.6) is 0 Å². The summed E-state index contributed by atoms with van der Waals surface area (Å²) >= 11 is 8.56. The first-order chi connectivity index (χ1) is 31.2. The van der Waals surface area contributed by atoms with Gasteiger partial charge in [0, 0.05) is 6.20 Å². The molecule has 0 bridgehead atoms. The SMILES string of the molecule is Cc1ccc(S(=O)(=O)Cc2nc3[c-]cc(Br)cn3c2[N+](=O)[O-])cc1.[Br][Pd+].c1ccc([PH+](c2ccccc2)c2ccccc2)cc1.c1ccc([PH+](c2ccccc2)c2ccccc2)cc1. The minimum absolute atomic E-state index is 0.101. The normalized spacial score (nSPS) is 10.8. The van der Waals surface area contributed by atoms with Crippen molar-refractivity contribution >= 4 is 98.3 Å². The molecule has 0 atom stereocenters. The van der Waals surface area contributed by atoms with E-state index in [1.807, 2.05) is 6.92 Å². The van der Waals surface area contributed by atoms with Crippen LogP contribution in [0, 0.1) is 23.1 Å². The molecule has 9 rings (SSSR count). The van der Waals surface area contributed by atoms with E-state index in [1.165, 1.54) is 54.6 Å². The van der Waals surface area contributed by atoms with E-state index in [4.69, 9.17) is 0 Å². The molecule has 0 aliphatic heterocycles. The summed E-state index contributed by atoms with van der Waals surface area (Å²) in [5.74, 6) is -0.933. The molecule has 0 aliphatic carbocycles. The number of nitro groups is 1. The first-order valence-electron chi connectivity index (χ1n) is 19.9. The Morgan fingerprint density at radius 1 is 0.594 bits per heavy atom. The summed E-state index contributed by atoms with van der Waals surface area (Å²) in [4.78, 5) is 14.9. The fourth-order valence-electron chi connectivity index (χ4n) is 6.92. The molecule has 0 N–H and O–H groups in total. The zero-order chi connectivity index (χ0) is 45.3. The van der Waals surface area contributed by atoms with Gasteiger partial charge >= 0.3 is 36.4 Å². The van der Waals surface area contributed by atoms with Crippen LogP contribution in [0.1, 0.15) is 11.3 Å². The molecule has 64 heavy (non-hydrogen) atoms. The molecule has 7 nitrogen and oxygen atoms in total. The molecular weight excluding hydrogens is 1080 g/mol. The summed E-state index contributed by atoms with van der Waals surface area (Å²) in [6, 6.07) is 75.6. The van der Waals surface area contributed by atoms with Crippen molar-refractivity contribution in [3.63, 3.8) is 0 Å². The maximum Gasteiger partial charge on any atom is 0.102 e. The number of benzene rings is 7. The van der Waals surface area contributed by atoms with Gasteiger partial charge in [-0.25, -0.2) is 23.9 Å². The van der Waals surface area contributed by atoms with E-state index in [1.54, 1.807) is 18.2 Å². The van der Waals surface area contributed by atoms with Crippen molar-refractivity contribution in [1.29, 1.82) is 0 Å². The average molecular weight is 1120 g/mol. The molecule has 324 valence electrons. The fourth-order valence-corrected chi connectivity index (χ4v) is 13.7. The Labute approximate surface area is 403 Å². The molecular formula is C51H43Br2N3O4P2PdS+2. The molecule has 0 spiro atoms. The van der Waals surface area contributed by atoms with Crippen molar-refractivity contribution in [2.24, 2.45) is 0 Å². The molecule has 0 saturated carbocycles. The third-order valence-electron chi connectivity index (χ3n) is 9.80. The number of hydrogen-bond acceptors (Lipinski definition) is 5. The van der Waals surface area contributed by atoms with Crippen LogP contribution in [0.3, 0.4) is 0 Å². The summed E-state index contributed by atoms with van der Waals surface area (Å²) in [5.41, 5.74) is 1.00. The van der Waals surface area contributed by atoms with E-state index in [2.05, 4.69) is 240 Å². The molecule has 2 heterocycles. The predicted molar refractivity (Wildman–Crippen MR) is 272 cm³/mol. The minimum atomic E-state index is -3.75. The van der Waals surface area contributed by atoms with E-state index < -0.39 is 36.4 Å². The monoisotopic (exact) mass is 1120 g/mol. The molecule has 0 unspecified atom stereocenters. The van der Waals surface area contributed by atoms with Gasteiger partial charge in [0.25, 0.3) is 0 Å². The standard InChI is InChI=1S/2C18H15P.C15H11BrN3O4S.BrH.Pd/c2*1-4-10-16(11-5-1)19(17-12-6-2-7-13-17)18-14-8-3-9-15-18;1-10-2-5-12(6-3-10)24(22,23)9-13-15(19(20)21)18-8-11(16)4-7-14(18)17-13;;/h2*1-15H;2-6,8H,9H2,1H3;1H;/q;;-1;;+2/p+1. The number of aryl methyl sites for hydroxylation is 1. The van der Waals surface area contributed by atoms with Crippen LogP contribution in [0.15, 0.2) is 228 Å². The van der Waals surface area contributed by atoms with E-state index in [-0.39, 0.29) is 22.1 Å². The molecule has 0 aliphatic rings. The molecule has 0 radical (unpaired) electrons. The number of fused-ring (bicyclic) bond motifs is 1. The third-order valence-corrected chi connectivity index (χ3v) is 17.3. The number of hydrogen-bond donors (Lipinski definition) is 0. The molecule has 0 saturated heterocycles. The molecule has 2 aromatic heterocycles. The number of pyridine rings is 1. The Morgan fingerprint density at radius 2 is 0.922 bits per heavy atom. The Morgan fingerprint density at radius 3 is 1.23 bits per heavy atom. The van der Waals surface area contributed by atoms with Crippen LogP contribution >= 0.6 is 45.2 Å². The largest absolute Gasteiger partial charge is 0.102 e. The topological polar surface area (TPSA) is 94.6 Å². The van der Waals surface area contributed by atoms with Crippen LogP contribution in [-0.4, -0.2) is 22.7 Å². The van der Waals surface area contributed by atoms with Crippen LogP contribution in [0.2, 0.25) is 0 Å². The van der Waals surface area contributed by atoms with Gasteiger partial charge in [0.2, 0.25) is 0 Å². The summed E-state index contributed by atoms with van der Waals surface area (Å²) in [5, 5.41) is 20.0. The Balaban J connectivity index is 0.000000158. The second kappa shape index (κ2) is 24.4. The van der Waals surface area contributed by atoms with E-state index in [9.17, 15) is 18.5 Å². The Kier molecular flexibility index (Phi) is 18.5. The minimum Gasteiger partial charge on any atom is -0.0620 e. The van der Waals surface area contributed by atoms with Crippen molar-refractivity contribution in [3.05, 3.63) is 250 Å². The number of imidazole rings is 1. The second-order valence-corrected chi connectivity index (χ2v) is 22.0. The van der Waals surface area contributed by atoms with Crippen LogP contribution < -0.4 is 31.8 Å². The first kappa shape index (κ1) is 48.5. The maximum atomic E-state index is 12.5. The molecule has 0 amide bonds. The quantitative estimate of drug-likeness (QED) is 0.0447. The van der Waals surface area contributed by atoms with Gasteiger partial charge in [-0.2, -0.15) is 22.0 Å². The Bertz CT molecular complexity index is 2640. The van der Waals surface area contributed by atoms with E-state index >= 15 is 0 Å². The number of halogens is 2. The van der Waals surface area contributed by atoms with Crippen molar-refractivity contribution < 1.29 is 30.5 Å². The second-order valence-electron chi connectivity index (χ2n) is 14.2. The fraction of sp³-hybridized carbons (Fsp3) is 0.0392. The number of aromatic nitrogens is 2. The van der Waals surface area contributed by atoms with Gasteiger partial charge < -0.3 is 10.1 Å². The summed E-state index contributed by atoms with van der Waals surface area (Å²) < 4.78 is 26.9. The summed E-state index contributed by atoms with van der Waals surface area (Å²) in [7, 11) is -5.50. The number of nitrogens with zero attached hydrogens (tertiary/aromatic N) is 3. The average Bonchev–Trinajstić information content (AvgIpc) is 3.69.